The highest BCUT2D eigenvalue weighted by Crippen LogP contribution is 2.23. The molecule has 1 aliphatic carbocycles. The molecule has 3 nitrogen and oxygen atoms in total. The molecule has 1 heterocycles. The van der Waals surface area contributed by atoms with Crippen molar-refractivity contribution in [3.8, 4) is 0 Å². The first kappa shape index (κ1) is 9.06. The number of carbonyl (C=O) groups excluding carboxylic acids is 1. The maximum Gasteiger partial charge on any atom is 0.161 e. The second kappa shape index (κ2) is 3.70. The Morgan fingerprint density at radius 1 is 1.21 bits per heavy atom. The number of carbonyl (C=O) groups is 1. The van der Waals surface area contributed by atoms with Crippen molar-refractivity contribution in [1.82, 2.24) is 0 Å². The lowest BCUT2D eigenvalue weighted by Gasteiger charge is -2.20. The Morgan fingerprint density at radius 3 is 2.64 bits per heavy atom. The van der Waals surface area contributed by atoms with Gasteiger partial charge >= 0.3 is 0 Å². The lowest BCUT2D eigenvalue weighted by atomic mass is 10.1. The summed E-state index contributed by atoms with van der Waals surface area (Å²) in [6.07, 6.45) is 6.28. The molecule has 0 aromatic rings. The molecular weight excluding hydrogens is 180 g/mol. The van der Waals surface area contributed by atoms with Crippen LogP contribution in [0, 0.1) is 0 Å². The zero-order valence-corrected chi connectivity index (χ0v) is 8.08. The zero-order chi connectivity index (χ0) is 9.97. The topological polar surface area (TPSA) is 35.5 Å². The molecule has 0 radical (unpaired) electrons. The van der Waals surface area contributed by atoms with Gasteiger partial charge in [-0.05, 0) is 25.5 Å². The Balaban J connectivity index is 2.29. The van der Waals surface area contributed by atoms with E-state index in [4.69, 9.17) is 9.47 Å². The third-order valence-corrected chi connectivity index (χ3v) is 2.18. The predicted octanol–water partition coefficient (Wildman–Crippen LogP) is 1.72. The van der Waals surface area contributed by atoms with Gasteiger partial charge in [0.15, 0.2) is 17.3 Å². The summed E-state index contributed by atoms with van der Waals surface area (Å²) < 4.78 is 10.8. The first-order valence-electron chi connectivity index (χ1n) is 4.66. The average molecular weight is 192 g/mol. The Kier molecular flexibility index (Phi) is 2.39. The molecule has 3 heteroatoms. The SMILES string of the molecule is CC(=O)C1=CCC=C2OCCOC2=C1. The molecular formula is C11H12O3. The Hall–Kier alpha value is -1.51. The molecule has 0 saturated carbocycles. The summed E-state index contributed by atoms with van der Waals surface area (Å²) in [7, 11) is 0. The van der Waals surface area contributed by atoms with Gasteiger partial charge in [0, 0.05) is 5.57 Å². The molecule has 0 atom stereocenters. The molecule has 14 heavy (non-hydrogen) atoms. The fraction of sp³-hybridized carbons (Fsp3) is 0.364. The molecule has 0 amide bonds. The van der Waals surface area contributed by atoms with Crippen LogP contribution >= 0.6 is 0 Å². The molecule has 0 spiro atoms. The van der Waals surface area contributed by atoms with Gasteiger partial charge in [-0.2, -0.15) is 0 Å². The quantitative estimate of drug-likeness (QED) is 0.634. The fourth-order valence-corrected chi connectivity index (χ4v) is 1.46. The van der Waals surface area contributed by atoms with Crippen molar-refractivity contribution in [2.75, 3.05) is 13.2 Å². The van der Waals surface area contributed by atoms with Crippen molar-refractivity contribution >= 4 is 5.78 Å². The highest BCUT2D eigenvalue weighted by Gasteiger charge is 2.17. The second-order valence-electron chi connectivity index (χ2n) is 3.23. The number of Topliss-reactive ketones (excluding diaryl/α,β-unsaturated/α-hetero) is 1. The van der Waals surface area contributed by atoms with Crippen molar-refractivity contribution in [1.29, 1.82) is 0 Å². The highest BCUT2D eigenvalue weighted by molar-refractivity contribution is 5.96. The number of hydrogen-bond acceptors (Lipinski definition) is 3. The molecule has 0 N–H and O–H groups in total. The monoisotopic (exact) mass is 192 g/mol. The Bertz CT molecular complexity index is 348. The average Bonchev–Trinajstić information content (AvgIpc) is 2.39. The van der Waals surface area contributed by atoms with Gasteiger partial charge in [-0.1, -0.05) is 6.08 Å². The van der Waals surface area contributed by atoms with Crippen LogP contribution in [0.4, 0.5) is 0 Å². The van der Waals surface area contributed by atoms with E-state index in [1.54, 1.807) is 13.0 Å². The van der Waals surface area contributed by atoms with E-state index < -0.39 is 0 Å². The molecule has 0 aromatic heterocycles. The highest BCUT2D eigenvalue weighted by atomic mass is 16.6. The molecule has 2 aliphatic rings. The molecule has 74 valence electrons. The second-order valence-corrected chi connectivity index (χ2v) is 3.23. The third-order valence-electron chi connectivity index (χ3n) is 2.18. The predicted molar refractivity (Wildman–Crippen MR) is 51.5 cm³/mol. The number of ether oxygens (including phenoxy) is 2. The van der Waals surface area contributed by atoms with E-state index in [1.807, 2.05) is 12.2 Å². The summed E-state index contributed by atoms with van der Waals surface area (Å²) in [5, 5.41) is 0. The van der Waals surface area contributed by atoms with Crippen molar-refractivity contribution in [3.63, 3.8) is 0 Å². The molecule has 1 aliphatic heterocycles. The van der Waals surface area contributed by atoms with E-state index in [9.17, 15) is 4.79 Å². The standard InChI is InChI=1S/C11H12O3/c1-8(12)9-3-2-4-10-11(7-9)14-6-5-13-10/h3-4,7H,2,5-6H2,1H3. The van der Waals surface area contributed by atoms with Gasteiger partial charge in [0.05, 0.1) is 0 Å². The lowest BCUT2D eigenvalue weighted by molar-refractivity contribution is -0.113. The van der Waals surface area contributed by atoms with E-state index in [0.29, 0.717) is 31.0 Å². The normalized spacial score (nSPS) is 20.2. The lowest BCUT2D eigenvalue weighted by Crippen LogP contribution is -2.14. The van der Waals surface area contributed by atoms with E-state index in [-0.39, 0.29) is 5.78 Å². The van der Waals surface area contributed by atoms with E-state index in [2.05, 4.69) is 0 Å². The van der Waals surface area contributed by atoms with Gasteiger partial charge in [-0.15, -0.1) is 0 Å². The summed E-state index contributed by atoms with van der Waals surface area (Å²) in [5.41, 5.74) is 0.691. The van der Waals surface area contributed by atoms with Crippen molar-refractivity contribution < 1.29 is 14.3 Å². The summed E-state index contributed by atoms with van der Waals surface area (Å²) in [6.45, 7) is 2.69. The number of hydrogen-bond donors (Lipinski definition) is 0. The van der Waals surface area contributed by atoms with Crippen molar-refractivity contribution in [2.24, 2.45) is 0 Å². The number of ketones is 1. The largest absolute Gasteiger partial charge is 0.486 e. The van der Waals surface area contributed by atoms with Crippen LogP contribution in [0.2, 0.25) is 0 Å². The molecule has 0 unspecified atom stereocenters. The smallest absolute Gasteiger partial charge is 0.161 e. The molecule has 1 saturated heterocycles. The van der Waals surface area contributed by atoms with E-state index >= 15 is 0 Å². The maximum absolute atomic E-state index is 11.2. The molecule has 0 bridgehead atoms. The fourth-order valence-electron chi connectivity index (χ4n) is 1.46. The molecule has 2 rings (SSSR count). The van der Waals surface area contributed by atoms with E-state index in [1.165, 1.54) is 0 Å². The number of fused-ring (bicyclic) bond motifs is 1. The van der Waals surface area contributed by atoms with Crippen LogP contribution in [-0.2, 0) is 14.3 Å². The van der Waals surface area contributed by atoms with Gasteiger partial charge < -0.3 is 9.47 Å². The first-order valence-corrected chi connectivity index (χ1v) is 4.66. The third kappa shape index (κ3) is 1.71. The van der Waals surface area contributed by atoms with Gasteiger partial charge in [0.1, 0.15) is 13.2 Å². The summed E-state index contributed by atoms with van der Waals surface area (Å²) in [5.74, 6) is 1.49. The first-order chi connectivity index (χ1) is 6.77. The van der Waals surface area contributed by atoms with Crippen LogP contribution < -0.4 is 0 Å². The van der Waals surface area contributed by atoms with Crippen molar-refractivity contribution in [3.05, 3.63) is 35.3 Å². The molecule has 1 fully saturated rings. The van der Waals surface area contributed by atoms with Gasteiger partial charge in [0.25, 0.3) is 0 Å². The summed E-state index contributed by atoms with van der Waals surface area (Å²) in [4.78, 5) is 11.2. The van der Waals surface area contributed by atoms with Crippen LogP contribution in [0.25, 0.3) is 0 Å². The van der Waals surface area contributed by atoms with Crippen LogP contribution in [0.3, 0.4) is 0 Å². The summed E-state index contributed by atoms with van der Waals surface area (Å²) in [6, 6.07) is 0. The van der Waals surface area contributed by atoms with Gasteiger partial charge in [0.2, 0.25) is 0 Å². The summed E-state index contributed by atoms with van der Waals surface area (Å²) >= 11 is 0. The van der Waals surface area contributed by atoms with Crippen LogP contribution in [-0.4, -0.2) is 19.0 Å². The Labute approximate surface area is 82.7 Å². The van der Waals surface area contributed by atoms with Crippen LogP contribution in [0.15, 0.2) is 35.3 Å². The maximum atomic E-state index is 11.2. The minimum absolute atomic E-state index is 0.0568. The zero-order valence-electron chi connectivity index (χ0n) is 8.08. The van der Waals surface area contributed by atoms with Crippen LogP contribution in [0.1, 0.15) is 13.3 Å². The minimum atomic E-state index is 0.0568. The van der Waals surface area contributed by atoms with E-state index in [0.717, 1.165) is 5.76 Å². The van der Waals surface area contributed by atoms with Gasteiger partial charge in [-0.25, -0.2) is 0 Å². The molecule has 0 aromatic carbocycles. The van der Waals surface area contributed by atoms with Crippen LogP contribution in [0.5, 0.6) is 0 Å². The minimum Gasteiger partial charge on any atom is -0.486 e. The van der Waals surface area contributed by atoms with Gasteiger partial charge in [-0.3, -0.25) is 4.79 Å². The number of rotatable bonds is 1. The Morgan fingerprint density at radius 2 is 1.93 bits per heavy atom. The number of allylic oxidation sites excluding steroid dienone is 4. The van der Waals surface area contributed by atoms with Crippen molar-refractivity contribution in [2.45, 2.75) is 13.3 Å².